The molecule has 0 aliphatic rings. The van der Waals surface area contributed by atoms with Gasteiger partial charge in [0.05, 0.1) is 17.3 Å². The van der Waals surface area contributed by atoms with Crippen molar-refractivity contribution in [2.75, 3.05) is 19.0 Å². The van der Waals surface area contributed by atoms with Crippen LogP contribution >= 0.6 is 11.3 Å². The number of carbonyl (C=O) groups excluding carboxylic acids is 2. The fourth-order valence-electron chi connectivity index (χ4n) is 3.00. The van der Waals surface area contributed by atoms with E-state index in [1.165, 1.54) is 18.4 Å². The number of aryl methyl sites for hydroxylation is 1. The lowest BCUT2D eigenvalue weighted by molar-refractivity contribution is -0.119. The van der Waals surface area contributed by atoms with E-state index in [1.54, 1.807) is 12.1 Å². The van der Waals surface area contributed by atoms with Crippen molar-refractivity contribution < 1.29 is 19.1 Å². The second-order valence-corrected chi connectivity index (χ2v) is 7.54. The van der Waals surface area contributed by atoms with Gasteiger partial charge in [-0.25, -0.2) is 9.78 Å². The van der Waals surface area contributed by atoms with Gasteiger partial charge in [-0.2, -0.15) is 0 Å². The maximum Gasteiger partial charge on any atom is 0.342 e. The highest BCUT2D eigenvalue weighted by Crippen LogP contribution is 2.28. The molecule has 0 radical (unpaired) electrons. The Hall–Kier alpha value is -3.45. The first-order chi connectivity index (χ1) is 14.0. The molecule has 4 aromatic rings. The molecule has 0 saturated carbocycles. The molecule has 0 fully saturated rings. The number of rotatable bonds is 5. The number of thiazole rings is 1. The predicted molar refractivity (Wildman–Crippen MR) is 114 cm³/mol. The van der Waals surface area contributed by atoms with Gasteiger partial charge in [0.1, 0.15) is 11.3 Å². The summed E-state index contributed by atoms with van der Waals surface area (Å²) in [4.78, 5) is 29.1. The van der Waals surface area contributed by atoms with Crippen molar-refractivity contribution in [2.45, 2.75) is 6.92 Å². The van der Waals surface area contributed by atoms with Gasteiger partial charge >= 0.3 is 5.97 Å². The summed E-state index contributed by atoms with van der Waals surface area (Å²) in [6.45, 7) is 1.59. The van der Waals surface area contributed by atoms with Crippen LogP contribution in [0.25, 0.3) is 21.0 Å². The molecule has 29 heavy (non-hydrogen) atoms. The van der Waals surface area contributed by atoms with Crippen molar-refractivity contribution in [1.82, 2.24) is 4.98 Å². The molecule has 1 N–H and O–H groups in total. The standard InChI is InChI=1S/C22H18N2O4S/c1-13-7-8-17-19(9-13)29-22(23-17)24-20(25)12-28-21(26)16-10-14-5-3-4-6-15(14)11-18(16)27-2/h3-11H,12H2,1-2H3,(H,23,24,25). The number of nitrogens with zero attached hydrogens (tertiary/aromatic N) is 1. The van der Waals surface area contributed by atoms with E-state index < -0.39 is 18.5 Å². The van der Waals surface area contributed by atoms with E-state index in [9.17, 15) is 9.59 Å². The largest absolute Gasteiger partial charge is 0.496 e. The Morgan fingerprint density at radius 3 is 2.59 bits per heavy atom. The van der Waals surface area contributed by atoms with Crippen molar-refractivity contribution in [1.29, 1.82) is 0 Å². The predicted octanol–water partition coefficient (Wildman–Crippen LogP) is 4.56. The fourth-order valence-corrected chi connectivity index (χ4v) is 3.98. The van der Waals surface area contributed by atoms with E-state index in [2.05, 4.69) is 10.3 Å². The summed E-state index contributed by atoms with van der Waals surface area (Å²) >= 11 is 1.37. The van der Waals surface area contributed by atoms with Crippen LogP contribution < -0.4 is 10.1 Å². The van der Waals surface area contributed by atoms with Crippen molar-refractivity contribution in [2.24, 2.45) is 0 Å². The van der Waals surface area contributed by atoms with Crippen LogP contribution in [0.3, 0.4) is 0 Å². The molecule has 0 unspecified atom stereocenters. The second-order valence-electron chi connectivity index (χ2n) is 6.51. The summed E-state index contributed by atoms with van der Waals surface area (Å²) in [6, 6.07) is 17.0. The summed E-state index contributed by atoms with van der Waals surface area (Å²) < 4.78 is 11.5. The third kappa shape index (κ3) is 4.05. The number of hydrogen-bond acceptors (Lipinski definition) is 6. The van der Waals surface area contributed by atoms with E-state index in [0.29, 0.717) is 10.9 Å². The average molecular weight is 406 g/mol. The molecule has 1 amide bonds. The molecule has 3 aromatic carbocycles. The number of anilines is 1. The second kappa shape index (κ2) is 7.89. The zero-order valence-corrected chi connectivity index (χ0v) is 16.7. The Bertz CT molecular complexity index is 1230. The number of fused-ring (bicyclic) bond motifs is 2. The lowest BCUT2D eigenvalue weighted by atomic mass is 10.1. The quantitative estimate of drug-likeness (QED) is 0.492. The SMILES string of the molecule is COc1cc2ccccc2cc1C(=O)OCC(=O)Nc1nc2ccc(C)cc2s1. The molecule has 6 nitrogen and oxygen atoms in total. The maximum atomic E-state index is 12.5. The van der Waals surface area contributed by atoms with Gasteiger partial charge in [-0.05, 0) is 47.5 Å². The molecule has 0 saturated heterocycles. The summed E-state index contributed by atoms with van der Waals surface area (Å²) in [7, 11) is 1.49. The van der Waals surface area contributed by atoms with E-state index in [-0.39, 0.29) is 5.56 Å². The number of ether oxygens (including phenoxy) is 2. The molecule has 1 aromatic heterocycles. The number of amides is 1. The molecule has 0 aliphatic carbocycles. The van der Waals surface area contributed by atoms with Crippen LogP contribution in [0.2, 0.25) is 0 Å². The summed E-state index contributed by atoms with van der Waals surface area (Å²) in [5.41, 5.74) is 2.21. The van der Waals surface area contributed by atoms with Crippen LogP contribution in [0.15, 0.2) is 54.6 Å². The molecule has 1 heterocycles. The highest BCUT2D eigenvalue weighted by Gasteiger charge is 2.17. The van der Waals surface area contributed by atoms with Crippen LogP contribution in [0.1, 0.15) is 15.9 Å². The molecular weight excluding hydrogens is 388 g/mol. The number of nitrogens with one attached hydrogen (secondary N) is 1. The molecule has 0 spiro atoms. The van der Waals surface area contributed by atoms with Gasteiger partial charge in [0.2, 0.25) is 0 Å². The Kier molecular flexibility index (Phi) is 5.14. The van der Waals surface area contributed by atoms with Crippen LogP contribution in [-0.2, 0) is 9.53 Å². The normalized spacial score (nSPS) is 10.8. The lowest BCUT2D eigenvalue weighted by Gasteiger charge is -2.10. The molecule has 7 heteroatoms. The Morgan fingerprint density at radius 1 is 1.07 bits per heavy atom. The fraction of sp³-hybridized carbons (Fsp3) is 0.136. The third-order valence-corrected chi connectivity index (χ3v) is 5.35. The first-order valence-electron chi connectivity index (χ1n) is 8.94. The number of hydrogen-bond donors (Lipinski definition) is 1. The highest BCUT2D eigenvalue weighted by molar-refractivity contribution is 7.22. The highest BCUT2D eigenvalue weighted by atomic mass is 32.1. The van der Waals surface area contributed by atoms with Crippen LogP contribution in [0.5, 0.6) is 5.75 Å². The number of esters is 1. The first kappa shape index (κ1) is 18.9. The van der Waals surface area contributed by atoms with Crippen LogP contribution in [0, 0.1) is 6.92 Å². The molecule has 146 valence electrons. The summed E-state index contributed by atoms with van der Waals surface area (Å²) in [5, 5.41) is 4.98. The minimum Gasteiger partial charge on any atom is -0.496 e. The first-order valence-corrected chi connectivity index (χ1v) is 9.76. The lowest BCUT2D eigenvalue weighted by Crippen LogP contribution is -2.21. The monoisotopic (exact) mass is 406 g/mol. The van der Waals surface area contributed by atoms with Gasteiger partial charge < -0.3 is 9.47 Å². The molecule has 0 bridgehead atoms. The van der Waals surface area contributed by atoms with Gasteiger partial charge in [-0.15, -0.1) is 0 Å². The number of aromatic nitrogens is 1. The minimum absolute atomic E-state index is 0.273. The van der Waals surface area contributed by atoms with Crippen molar-refractivity contribution in [3.63, 3.8) is 0 Å². The molecule has 0 aliphatic heterocycles. The zero-order valence-electron chi connectivity index (χ0n) is 15.9. The molecular formula is C22H18N2O4S. The van der Waals surface area contributed by atoms with Crippen molar-refractivity contribution >= 4 is 49.3 Å². The van der Waals surface area contributed by atoms with Gasteiger partial charge in [0.25, 0.3) is 5.91 Å². The third-order valence-electron chi connectivity index (χ3n) is 4.41. The number of carbonyl (C=O) groups is 2. The molecule has 0 atom stereocenters. The minimum atomic E-state index is -0.623. The average Bonchev–Trinajstić information content (AvgIpc) is 3.12. The van der Waals surface area contributed by atoms with Crippen molar-refractivity contribution in [3.05, 3.63) is 65.7 Å². The van der Waals surface area contributed by atoms with E-state index in [4.69, 9.17) is 9.47 Å². The summed E-state index contributed by atoms with van der Waals surface area (Å²) in [6.07, 6.45) is 0. The van der Waals surface area contributed by atoms with Crippen LogP contribution in [-0.4, -0.2) is 30.6 Å². The smallest absolute Gasteiger partial charge is 0.342 e. The number of benzene rings is 3. The van der Waals surface area contributed by atoms with E-state index >= 15 is 0 Å². The van der Waals surface area contributed by atoms with Gasteiger partial charge in [0.15, 0.2) is 11.7 Å². The van der Waals surface area contributed by atoms with Crippen LogP contribution in [0.4, 0.5) is 5.13 Å². The van der Waals surface area contributed by atoms with Crippen molar-refractivity contribution in [3.8, 4) is 5.75 Å². The van der Waals surface area contributed by atoms with Gasteiger partial charge in [-0.1, -0.05) is 41.7 Å². The van der Waals surface area contributed by atoms with E-state index in [0.717, 1.165) is 26.6 Å². The topological polar surface area (TPSA) is 77.5 Å². The maximum absolute atomic E-state index is 12.5. The zero-order chi connectivity index (χ0) is 20.4. The number of methoxy groups -OCH3 is 1. The van der Waals surface area contributed by atoms with Gasteiger partial charge in [-0.3, -0.25) is 10.1 Å². The molecule has 4 rings (SSSR count). The van der Waals surface area contributed by atoms with Gasteiger partial charge in [0, 0.05) is 0 Å². The van der Waals surface area contributed by atoms with E-state index in [1.807, 2.05) is 49.4 Å². The Labute approximate surface area is 171 Å². The Balaban J connectivity index is 1.44. The summed E-state index contributed by atoms with van der Waals surface area (Å²) in [5.74, 6) is -0.674. The Morgan fingerprint density at radius 2 is 1.83 bits per heavy atom.